The first-order valence-electron chi connectivity index (χ1n) is 11.0. The third kappa shape index (κ3) is 7.95. The van der Waals surface area contributed by atoms with E-state index in [2.05, 4.69) is 41.8 Å². The van der Waals surface area contributed by atoms with E-state index in [9.17, 15) is 14.4 Å². The number of hydrogen-bond acceptors (Lipinski definition) is 10. The Kier molecular flexibility index (Phi) is 10.3. The zero-order valence-electron chi connectivity index (χ0n) is 21.0. The highest BCUT2D eigenvalue weighted by atomic mass is 79.9. The molecule has 0 amide bonds. The number of ketones is 1. The molecule has 0 aliphatic carbocycles. The van der Waals surface area contributed by atoms with Crippen LogP contribution in [0.5, 0.6) is 11.5 Å². The Morgan fingerprint density at radius 2 is 1.32 bits per heavy atom. The van der Waals surface area contributed by atoms with Crippen LogP contribution in [0, 0.1) is 0 Å². The number of Topliss-reactive ketones (excluding diaryl/α,β-unsaturated/α-hetero) is 1. The van der Waals surface area contributed by atoms with E-state index in [4.69, 9.17) is 25.8 Å². The van der Waals surface area contributed by atoms with E-state index in [1.807, 2.05) is 18.2 Å². The predicted molar refractivity (Wildman–Crippen MR) is 157 cm³/mol. The lowest BCUT2D eigenvalue weighted by atomic mass is 10.2. The van der Waals surface area contributed by atoms with Crippen molar-refractivity contribution < 1.29 is 28.6 Å². The molecule has 2 aromatic heterocycles. The van der Waals surface area contributed by atoms with Crippen molar-refractivity contribution in [2.45, 2.75) is 39.2 Å². The number of fused-ring (bicyclic) bond motifs is 2. The van der Waals surface area contributed by atoms with Gasteiger partial charge in [-0.15, -0.1) is 22.7 Å². The van der Waals surface area contributed by atoms with Crippen LogP contribution in [0.15, 0.2) is 33.2 Å². The standard InChI is InChI=1S/C16H18BrNO4S.C9H5BrClNO2S/c1-16(2,3)22-14(20)6-5-11(19)15-18-10-7-9(17)12(21-4)8-13(10)23-15;1-14-6-3-7-5(2-4(6)10)12-9(15-7)8(11)13/h7-8H,5-6H2,1-4H3;2-3H,1H3. The van der Waals surface area contributed by atoms with E-state index in [1.165, 1.54) is 22.7 Å². The number of carbonyl (C=O) groups excluding carboxylic acids is 3. The van der Waals surface area contributed by atoms with Crippen LogP contribution >= 0.6 is 66.1 Å². The summed E-state index contributed by atoms with van der Waals surface area (Å²) in [5.41, 5.74) is 0.915. The van der Waals surface area contributed by atoms with Crippen LogP contribution < -0.4 is 9.47 Å². The highest BCUT2D eigenvalue weighted by Gasteiger charge is 2.19. The van der Waals surface area contributed by atoms with Crippen LogP contribution in [0.25, 0.3) is 20.4 Å². The van der Waals surface area contributed by atoms with Crippen LogP contribution in [0.3, 0.4) is 0 Å². The largest absolute Gasteiger partial charge is 0.496 e. The van der Waals surface area contributed by atoms with Gasteiger partial charge in [-0.2, -0.15) is 0 Å². The van der Waals surface area contributed by atoms with E-state index in [0.717, 1.165) is 29.4 Å². The number of thiazole rings is 2. The maximum absolute atomic E-state index is 12.2. The van der Waals surface area contributed by atoms with Gasteiger partial charge in [-0.25, -0.2) is 9.97 Å². The molecule has 4 rings (SSSR count). The average molecular weight is 707 g/mol. The van der Waals surface area contributed by atoms with Gasteiger partial charge in [-0.3, -0.25) is 14.4 Å². The zero-order valence-corrected chi connectivity index (χ0v) is 26.6. The molecule has 0 radical (unpaired) electrons. The Morgan fingerprint density at radius 1 is 0.842 bits per heavy atom. The van der Waals surface area contributed by atoms with Crippen molar-refractivity contribution in [3.8, 4) is 11.5 Å². The van der Waals surface area contributed by atoms with Crippen molar-refractivity contribution in [2.24, 2.45) is 0 Å². The Labute approximate surface area is 248 Å². The lowest BCUT2D eigenvalue weighted by Crippen LogP contribution is -2.24. The molecule has 0 saturated carbocycles. The smallest absolute Gasteiger partial charge is 0.306 e. The number of aromatic nitrogens is 2. The number of rotatable bonds is 7. The topological polar surface area (TPSA) is 105 Å². The van der Waals surface area contributed by atoms with Gasteiger partial charge in [0.25, 0.3) is 5.24 Å². The highest BCUT2D eigenvalue weighted by molar-refractivity contribution is 9.11. The lowest BCUT2D eigenvalue weighted by molar-refractivity contribution is -0.154. The maximum atomic E-state index is 12.2. The second kappa shape index (κ2) is 12.8. The number of hydrogen-bond donors (Lipinski definition) is 0. The molecule has 0 fully saturated rings. The normalized spacial score (nSPS) is 11.2. The number of benzene rings is 2. The molecular formula is C25H23Br2ClN2O6S2. The quantitative estimate of drug-likeness (QED) is 0.109. The van der Waals surface area contributed by atoms with E-state index in [-0.39, 0.29) is 24.6 Å². The average Bonchev–Trinajstić information content (AvgIpc) is 3.44. The van der Waals surface area contributed by atoms with Crippen LogP contribution in [-0.2, 0) is 9.53 Å². The van der Waals surface area contributed by atoms with E-state index < -0.39 is 10.8 Å². The van der Waals surface area contributed by atoms with Crippen molar-refractivity contribution >= 4 is 104 Å². The molecule has 0 atom stereocenters. The van der Waals surface area contributed by atoms with Gasteiger partial charge >= 0.3 is 5.97 Å². The number of esters is 1. The molecule has 0 aliphatic heterocycles. The minimum atomic E-state index is -0.543. The van der Waals surface area contributed by atoms with Gasteiger partial charge < -0.3 is 14.2 Å². The first kappa shape index (κ1) is 30.4. The molecule has 0 N–H and O–H groups in total. The van der Waals surface area contributed by atoms with Gasteiger partial charge in [0.05, 0.1) is 50.0 Å². The van der Waals surface area contributed by atoms with Gasteiger partial charge in [0.2, 0.25) is 0 Å². The third-order valence-corrected chi connectivity index (χ3v) is 8.31. The molecule has 0 aliphatic rings. The summed E-state index contributed by atoms with van der Waals surface area (Å²) in [6.45, 7) is 5.39. The SMILES string of the molecule is COc1cc2sc(C(=O)CCC(=O)OC(C)(C)C)nc2cc1Br.COc1cc2sc(C(=O)Cl)nc2cc1Br. The molecular weight excluding hydrogens is 684 g/mol. The molecule has 0 unspecified atom stereocenters. The molecule has 38 heavy (non-hydrogen) atoms. The van der Waals surface area contributed by atoms with Crippen LogP contribution in [0.1, 0.15) is 53.2 Å². The van der Waals surface area contributed by atoms with Crippen LogP contribution in [0.2, 0.25) is 0 Å². The second-order valence-corrected chi connectivity index (χ2v) is 12.8. The summed E-state index contributed by atoms with van der Waals surface area (Å²) in [5.74, 6) is 0.858. The fourth-order valence-electron chi connectivity index (χ4n) is 3.09. The minimum absolute atomic E-state index is 0.0546. The number of methoxy groups -OCH3 is 2. The Morgan fingerprint density at radius 3 is 1.76 bits per heavy atom. The predicted octanol–water partition coefficient (Wildman–Crippen LogP) is 7.82. The maximum Gasteiger partial charge on any atom is 0.306 e. The second-order valence-electron chi connectivity index (χ2n) is 8.73. The minimum Gasteiger partial charge on any atom is -0.496 e. The number of nitrogens with zero attached hydrogens (tertiary/aromatic N) is 2. The summed E-state index contributed by atoms with van der Waals surface area (Å²) in [5, 5.41) is 0.154. The van der Waals surface area contributed by atoms with Crippen molar-refractivity contribution in [2.75, 3.05) is 14.2 Å². The van der Waals surface area contributed by atoms with E-state index >= 15 is 0 Å². The van der Waals surface area contributed by atoms with Crippen molar-refractivity contribution in [1.82, 2.24) is 9.97 Å². The number of ether oxygens (including phenoxy) is 3. The highest BCUT2D eigenvalue weighted by Crippen LogP contribution is 2.34. The monoisotopic (exact) mass is 704 g/mol. The van der Waals surface area contributed by atoms with E-state index in [0.29, 0.717) is 21.5 Å². The Bertz CT molecular complexity index is 1510. The fraction of sp³-hybridized carbons (Fsp3) is 0.320. The summed E-state index contributed by atoms with van der Waals surface area (Å²) in [6.07, 6.45) is 0.145. The molecule has 0 spiro atoms. The molecule has 0 saturated heterocycles. The summed E-state index contributed by atoms with van der Waals surface area (Å²) < 4.78 is 18.9. The summed E-state index contributed by atoms with van der Waals surface area (Å²) in [7, 11) is 3.17. The molecule has 2 heterocycles. The van der Waals surface area contributed by atoms with Crippen LogP contribution in [-0.4, -0.2) is 46.8 Å². The van der Waals surface area contributed by atoms with Crippen molar-refractivity contribution in [3.05, 3.63) is 43.2 Å². The molecule has 4 aromatic rings. The van der Waals surface area contributed by atoms with Crippen molar-refractivity contribution in [1.29, 1.82) is 0 Å². The summed E-state index contributed by atoms with van der Waals surface area (Å²) >= 11 is 14.6. The van der Waals surface area contributed by atoms with Gasteiger partial charge in [0.1, 0.15) is 17.1 Å². The first-order chi connectivity index (χ1) is 17.8. The molecule has 2 aromatic carbocycles. The molecule has 8 nitrogen and oxygen atoms in total. The fourth-order valence-corrected chi connectivity index (χ4v) is 5.99. The number of halogens is 3. The van der Waals surface area contributed by atoms with E-state index in [1.54, 1.807) is 41.1 Å². The van der Waals surface area contributed by atoms with Gasteiger partial charge in [0.15, 0.2) is 15.8 Å². The van der Waals surface area contributed by atoms with Gasteiger partial charge in [-0.1, -0.05) is 0 Å². The van der Waals surface area contributed by atoms with Gasteiger partial charge in [0, 0.05) is 18.6 Å². The molecule has 0 bridgehead atoms. The Balaban J connectivity index is 0.000000230. The Hall–Kier alpha value is -2.12. The molecule has 13 heteroatoms. The zero-order chi connectivity index (χ0) is 28.2. The summed E-state index contributed by atoms with van der Waals surface area (Å²) in [6, 6.07) is 7.27. The lowest BCUT2D eigenvalue weighted by Gasteiger charge is -2.19. The number of carbonyl (C=O) groups is 3. The van der Waals surface area contributed by atoms with Gasteiger partial charge in [-0.05, 0) is 76.4 Å². The molecule has 202 valence electrons. The summed E-state index contributed by atoms with van der Waals surface area (Å²) in [4.78, 5) is 43.3. The van der Waals surface area contributed by atoms with Crippen molar-refractivity contribution in [3.63, 3.8) is 0 Å². The van der Waals surface area contributed by atoms with Crippen LogP contribution in [0.4, 0.5) is 0 Å². The third-order valence-electron chi connectivity index (χ3n) is 4.71. The first-order valence-corrected chi connectivity index (χ1v) is 14.6.